The Kier molecular flexibility index (Phi) is 2.77. The third-order valence-electron chi connectivity index (χ3n) is 2.07. The molecule has 5 heteroatoms. The Morgan fingerprint density at radius 2 is 2.07 bits per heavy atom. The van der Waals surface area contributed by atoms with Crippen LogP contribution >= 0.6 is 11.3 Å². The Labute approximate surface area is 92.8 Å². The average Bonchev–Trinajstić information content (AvgIpc) is 2.61. The zero-order chi connectivity index (χ0) is 10.9. The van der Waals surface area contributed by atoms with Crippen molar-refractivity contribution in [3.63, 3.8) is 0 Å². The van der Waals surface area contributed by atoms with Crippen molar-refractivity contribution >= 4 is 31.4 Å². The molecule has 1 aromatic heterocycles. The highest BCUT2D eigenvalue weighted by Crippen LogP contribution is 2.28. The van der Waals surface area contributed by atoms with Crippen molar-refractivity contribution < 1.29 is 8.42 Å². The van der Waals surface area contributed by atoms with E-state index in [2.05, 4.69) is 4.72 Å². The Morgan fingerprint density at radius 3 is 2.80 bits per heavy atom. The summed E-state index contributed by atoms with van der Waals surface area (Å²) in [5.74, 6) is 0. The van der Waals surface area contributed by atoms with Crippen molar-refractivity contribution in [2.45, 2.75) is 11.8 Å². The van der Waals surface area contributed by atoms with Crippen LogP contribution in [-0.2, 0) is 10.0 Å². The van der Waals surface area contributed by atoms with Gasteiger partial charge < -0.3 is 0 Å². The number of sulfonamides is 1. The summed E-state index contributed by atoms with van der Waals surface area (Å²) in [5.41, 5.74) is 0. The van der Waals surface area contributed by atoms with Gasteiger partial charge in [0.25, 0.3) is 0 Å². The van der Waals surface area contributed by atoms with Gasteiger partial charge in [-0.15, -0.1) is 11.3 Å². The summed E-state index contributed by atoms with van der Waals surface area (Å²) < 4.78 is 27.1. The Hall–Kier alpha value is -0.910. The molecule has 0 spiro atoms. The highest BCUT2D eigenvalue weighted by atomic mass is 32.2. The fourth-order valence-electron chi connectivity index (χ4n) is 1.43. The van der Waals surface area contributed by atoms with Crippen LogP contribution in [-0.4, -0.2) is 15.0 Å². The van der Waals surface area contributed by atoms with E-state index in [1.54, 1.807) is 12.3 Å². The van der Waals surface area contributed by atoms with Crippen LogP contribution in [0.15, 0.2) is 34.5 Å². The SMILES string of the molecule is CCNS(=O)(=O)c1csc2ccccc12. The summed E-state index contributed by atoms with van der Waals surface area (Å²) in [7, 11) is -3.33. The minimum absolute atomic E-state index is 0.380. The van der Waals surface area contributed by atoms with Crippen LogP contribution in [0.1, 0.15) is 6.92 Å². The first kappa shape index (κ1) is 10.6. The number of rotatable bonds is 3. The van der Waals surface area contributed by atoms with E-state index in [-0.39, 0.29) is 0 Å². The van der Waals surface area contributed by atoms with Crippen LogP contribution in [0.5, 0.6) is 0 Å². The molecule has 0 amide bonds. The maximum atomic E-state index is 11.8. The largest absolute Gasteiger partial charge is 0.242 e. The molecule has 15 heavy (non-hydrogen) atoms. The van der Waals surface area contributed by atoms with Crippen LogP contribution in [0, 0.1) is 0 Å². The van der Waals surface area contributed by atoms with E-state index < -0.39 is 10.0 Å². The molecule has 80 valence electrons. The van der Waals surface area contributed by atoms with Gasteiger partial charge in [0.15, 0.2) is 0 Å². The molecule has 0 bridgehead atoms. The Balaban J connectivity index is 2.63. The summed E-state index contributed by atoms with van der Waals surface area (Å²) in [6, 6.07) is 7.50. The topological polar surface area (TPSA) is 46.2 Å². The van der Waals surface area contributed by atoms with Gasteiger partial charge in [-0.3, -0.25) is 0 Å². The number of benzene rings is 1. The number of nitrogens with one attached hydrogen (secondary N) is 1. The summed E-state index contributed by atoms with van der Waals surface area (Å²) in [6.45, 7) is 2.18. The maximum absolute atomic E-state index is 11.8. The molecular weight excluding hydrogens is 230 g/mol. The normalized spacial score (nSPS) is 12.1. The Morgan fingerprint density at radius 1 is 1.33 bits per heavy atom. The zero-order valence-corrected chi connectivity index (χ0v) is 9.86. The van der Waals surface area contributed by atoms with Crippen molar-refractivity contribution in [3.8, 4) is 0 Å². The predicted octanol–water partition coefficient (Wildman–Crippen LogP) is 2.20. The monoisotopic (exact) mass is 241 g/mol. The smallest absolute Gasteiger partial charge is 0.211 e. The van der Waals surface area contributed by atoms with E-state index in [0.717, 1.165) is 10.1 Å². The third kappa shape index (κ3) is 1.90. The molecule has 0 saturated heterocycles. The van der Waals surface area contributed by atoms with Crippen molar-refractivity contribution in [2.24, 2.45) is 0 Å². The molecule has 0 aliphatic carbocycles. The average molecular weight is 241 g/mol. The standard InChI is InChI=1S/C10H11NO2S2/c1-2-11-15(12,13)10-7-14-9-6-4-3-5-8(9)10/h3-7,11H,2H2,1H3. The number of hydrogen-bond acceptors (Lipinski definition) is 3. The second-order valence-corrected chi connectivity index (χ2v) is 5.74. The second-order valence-electron chi connectivity index (χ2n) is 3.10. The van der Waals surface area contributed by atoms with E-state index in [1.807, 2.05) is 24.3 Å². The quantitative estimate of drug-likeness (QED) is 0.895. The number of hydrogen-bond donors (Lipinski definition) is 1. The van der Waals surface area contributed by atoms with Crippen molar-refractivity contribution in [3.05, 3.63) is 29.6 Å². The molecule has 0 aliphatic rings. The minimum atomic E-state index is -3.33. The molecule has 0 atom stereocenters. The van der Waals surface area contributed by atoms with Crippen LogP contribution in [0.2, 0.25) is 0 Å². The lowest BCUT2D eigenvalue weighted by Crippen LogP contribution is -2.22. The van der Waals surface area contributed by atoms with Crippen molar-refractivity contribution in [2.75, 3.05) is 6.54 Å². The van der Waals surface area contributed by atoms with Gasteiger partial charge in [0.2, 0.25) is 10.0 Å². The van der Waals surface area contributed by atoms with E-state index >= 15 is 0 Å². The van der Waals surface area contributed by atoms with Crippen LogP contribution in [0.4, 0.5) is 0 Å². The lowest BCUT2D eigenvalue weighted by atomic mass is 10.3. The number of thiophene rings is 1. The van der Waals surface area contributed by atoms with Crippen molar-refractivity contribution in [1.29, 1.82) is 0 Å². The van der Waals surface area contributed by atoms with Gasteiger partial charge >= 0.3 is 0 Å². The molecule has 3 nitrogen and oxygen atoms in total. The van der Waals surface area contributed by atoms with Gasteiger partial charge in [0.1, 0.15) is 4.90 Å². The molecule has 0 aliphatic heterocycles. The number of fused-ring (bicyclic) bond motifs is 1. The molecule has 0 saturated carbocycles. The fraction of sp³-hybridized carbons (Fsp3) is 0.200. The van der Waals surface area contributed by atoms with Gasteiger partial charge in [0, 0.05) is 22.0 Å². The summed E-state index contributed by atoms with van der Waals surface area (Å²) >= 11 is 1.45. The predicted molar refractivity (Wildman–Crippen MR) is 62.7 cm³/mol. The van der Waals surface area contributed by atoms with E-state index in [1.165, 1.54) is 11.3 Å². The maximum Gasteiger partial charge on any atom is 0.242 e. The summed E-state index contributed by atoms with van der Waals surface area (Å²) in [5, 5.41) is 2.48. The highest BCUT2D eigenvalue weighted by molar-refractivity contribution is 7.90. The zero-order valence-electron chi connectivity index (χ0n) is 8.23. The van der Waals surface area contributed by atoms with Crippen LogP contribution < -0.4 is 4.72 Å². The summed E-state index contributed by atoms with van der Waals surface area (Å²) in [6.07, 6.45) is 0. The third-order valence-corrected chi connectivity index (χ3v) is 4.77. The summed E-state index contributed by atoms with van der Waals surface area (Å²) in [4.78, 5) is 0.380. The molecule has 1 heterocycles. The molecule has 0 radical (unpaired) electrons. The van der Waals surface area contributed by atoms with E-state index in [4.69, 9.17) is 0 Å². The molecule has 2 rings (SSSR count). The first-order chi connectivity index (χ1) is 7.15. The second kappa shape index (κ2) is 3.92. The van der Waals surface area contributed by atoms with Crippen molar-refractivity contribution in [1.82, 2.24) is 4.72 Å². The molecular formula is C10H11NO2S2. The van der Waals surface area contributed by atoms with Crippen LogP contribution in [0.3, 0.4) is 0 Å². The molecule has 1 aromatic carbocycles. The van der Waals surface area contributed by atoms with Gasteiger partial charge in [-0.05, 0) is 6.07 Å². The van der Waals surface area contributed by atoms with E-state index in [0.29, 0.717) is 11.4 Å². The lowest BCUT2D eigenvalue weighted by Gasteiger charge is -2.02. The van der Waals surface area contributed by atoms with Gasteiger partial charge in [-0.25, -0.2) is 13.1 Å². The minimum Gasteiger partial charge on any atom is -0.211 e. The van der Waals surface area contributed by atoms with E-state index in [9.17, 15) is 8.42 Å². The lowest BCUT2D eigenvalue weighted by molar-refractivity contribution is 0.585. The molecule has 1 N–H and O–H groups in total. The fourth-order valence-corrected chi connectivity index (χ4v) is 3.97. The molecule has 0 unspecified atom stereocenters. The first-order valence-electron chi connectivity index (χ1n) is 4.61. The van der Waals surface area contributed by atoms with Gasteiger partial charge in [-0.2, -0.15) is 0 Å². The molecule has 2 aromatic rings. The van der Waals surface area contributed by atoms with Gasteiger partial charge in [-0.1, -0.05) is 25.1 Å². The first-order valence-corrected chi connectivity index (χ1v) is 6.97. The van der Waals surface area contributed by atoms with Crippen LogP contribution in [0.25, 0.3) is 10.1 Å². The Bertz CT molecular complexity index is 572. The highest BCUT2D eigenvalue weighted by Gasteiger charge is 2.17. The molecule has 0 fully saturated rings. The van der Waals surface area contributed by atoms with Gasteiger partial charge in [0.05, 0.1) is 0 Å².